The number of nitrogens with one attached hydrogen (secondary N) is 2. The Hall–Kier alpha value is -2.08. The molecule has 0 saturated heterocycles. The minimum atomic E-state index is 0.0543. The van der Waals surface area contributed by atoms with Crippen LogP contribution in [0.5, 0.6) is 0 Å². The van der Waals surface area contributed by atoms with E-state index < -0.39 is 0 Å². The number of carbonyl (C=O) groups excluding carboxylic acids is 1. The Labute approximate surface area is 145 Å². The molecule has 0 aliphatic heterocycles. The molecule has 134 valence electrons. The maximum atomic E-state index is 12.4. The summed E-state index contributed by atoms with van der Waals surface area (Å²) in [5.74, 6) is 0.689. The minimum Gasteiger partial charge on any atom is -0.382 e. The van der Waals surface area contributed by atoms with E-state index in [0.717, 1.165) is 31.7 Å². The maximum absolute atomic E-state index is 12.4. The predicted molar refractivity (Wildman–Crippen MR) is 98.0 cm³/mol. The van der Waals surface area contributed by atoms with Crippen LogP contribution in [-0.4, -0.2) is 56.7 Å². The van der Waals surface area contributed by atoms with Gasteiger partial charge in [-0.3, -0.25) is 9.79 Å². The summed E-state index contributed by atoms with van der Waals surface area (Å²) in [6.07, 6.45) is 0.900. The van der Waals surface area contributed by atoms with Gasteiger partial charge in [-0.2, -0.15) is 0 Å². The number of ether oxygens (including phenoxy) is 1. The first kappa shape index (κ1) is 20.0. The van der Waals surface area contributed by atoms with Gasteiger partial charge in [-0.1, -0.05) is 30.3 Å². The van der Waals surface area contributed by atoms with Gasteiger partial charge in [0.05, 0.1) is 6.54 Å². The van der Waals surface area contributed by atoms with Gasteiger partial charge < -0.3 is 20.3 Å². The van der Waals surface area contributed by atoms with Crippen molar-refractivity contribution in [3.8, 4) is 0 Å². The number of nitrogens with zero attached hydrogens (tertiary/aromatic N) is 2. The Morgan fingerprint density at radius 3 is 2.58 bits per heavy atom. The van der Waals surface area contributed by atoms with Crippen LogP contribution in [-0.2, 0) is 16.1 Å². The number of rotatable bonds is 10. The molecule has 24 heavy (non-hydrogen) atoms. The monoisotopic (exact) mass is 334 g/mol. The quantitative estimate of drug-likeness (QED) is 0.388. The van der Waals surface area contributed by atoms with E-state index in [-0.39, 0.29) is 12.5 Å². The van der Waals surface area contributed by atoms with Crippen molar-refractivity contribution in [3.63, 3.8) is 0 Å². The second-order valence-electron chi connectivity index (χ2n) is 5.30. The molecule has 0 radical (unpaired) electrons. The Kier molecular flexibility index (Phi) is 10.3. The van der Waals surface area contributed by atoms with E-state index in [0.29, 0.717) is 19.0 Å². The van der Waals surface area contributed by atoms with Crippen LogP contribution in [0.2, 0.25) is 0 Å². The summed E-state index contributed by atoms with van der Waals surface area (Å²) in [5.41, 5.74) is 1.13. The van der Waals surface area contributed by atoms with E-state index in [1.807, 2.05) is 49.1 Å². The van der Waals surface area contributed by atoms with Crippen LogP contribution in [0, 0.1) is 0 Å². The van der Waals surface area contributed by atoms with E-state index in [1.54, 1.807) is 7.05 Å². The van der Waals surface area contributed by atoms with Crippen LogP contribution >= 0.6 is 0 Å². The number of amides is 1. The molecule has 0 aliphatic carbocycles. The third-order valence-electron chi connectivity index (χ3n) is 3.54. The molecule has 1 amide bonds. The first-order valence-corrected chi connectivity index (χ1v) is 8.55. The van der Waals surface area contributed by atoms with Crippen LogP contribution in [0.15, 0.2) is 35.3 Å². The maximum Gasteiger partial charge on any atom is 0.242 e. The highest BCUT2D eigenvalue weighted by atomic mass is 16.5. The molecule has 1 aromatic carbocycles. The lowest BCUT2D eigenvalue weighted by Gasteiger charge is -2.22. The van der Waals surface area contributed by atoms with Gasteiger partial charge >= 0.3 is 0 Å². The zero-order valence-corrected chi connectivity index (χ0v) is 15.0. The van der Waals surface area contributed by atoms with E-state index >= 15 is 0 Å². The van der Waals surface area contributed by atoms with Crippen LogP contribution in [0.25, 0.3) is 0 Å². The van der Waals surface area contributed by atoms with Crippen LogP contribution in [0.3, 0.4) is 0 Å². The number of benzene rings is 1. The van der Waals surface area contributed by atoms with Gasteiger partial charge in [-0.25, -0.2) is 0 Å². The molecule has 6 nitrogen and oxygen atoms in total. The fraction of sp³-hybridized carbons (Fsp3) is 0.556. The van der Waals surface area contributed by atoms with Gasteiger partial charge in [0.2, 0.25) is 5.91 Å². The standard InChI is InChI=1S/C18H30N4O2/c1-4-22(15-16-10-7-6-8-11-16)17(23)14-21-18(19-3)20-12-9-13-24-5-2/h6-8,10-11H,4-5,9,12-15H2,1-3H3,(H2,19,20,21). The minimum absolute atomic E-state index is 0.0543. The van der Waals surface area contributed by atoms with E-state index in [4.69, 9.17) is 4.74 Å². The summed E-state index contributed by atoms with van der Waals surface area (Å²) >= 11 is 0. The molecular formula is C18H30N4O2. The van der Waals surface area contributed by atoms with Crippen LogP contribution in [0.4, 0.5) is 0 Å². The first-order chi connectivity index (χ1) is 11.7. The Bertz CT molecular complexity index is 491. The number of likely N-dealkylation sites (N-methyl/N-ethyl adjacent to an activating group) is 1. The lowest BCUT2D eigenvalue weighted by molar-refractivity contribution is -0.130. The lowest BCUT2D eigenvalue weighted by Crippen LogP contribution is -2.44. The molecule has 2 N–H and O–H groups in total. The van der Waals surface area contributed by atoms with Crippen molar-refractivity contribution < 1.29 is 9.53 Å². The third kappa shape index (κ3) is 7.97. The summed E-state index contributed by atoms with van der Waals surface area (Å²) in [6, 6.07) is 10.0. The molecule has 0 aliphatic rings. The zero-order valence-electron chi connectivity index (χ0n) is 15.0. The molecule has 1 rings (SSSR count). The van der Waals surface area contributed by atoms with Gasteiger partial charge in [-0.15, -0.1) is 0 Å². The highest BCUT2D eigenvalue weighted by molar-refractivity contribution is 5.86. The lowest BCUT2D eigenvalue weighted by atomic mass is 10.2. The van der Waals surface area contributed by atoms with Crippen molar-refractivity contribution in [3.05, 3.63) is 35.9 Å². The summed E-state index contributed by atoms with van der Waals surface area (Å²) in [4.78, 5) is 18.3. The van der Waals surface area contributed by atoms with Gasteiger partial charge in [-0.05, 0) is 25.8 Å². The number of aliphatic imine (C=N–C) groups is 1. The Morgan fingerprint density at radius 1 is 1.21 bits per heavy atom. The second-order valence-corrected chi connectivity index (χ2v) is 5.30. The summed E-state index contributed by atoms with van der Waals surface area (Å²) < 4.78 is 5.29. The number of hydrogen-bond acceptors (Lipinski definition) is 3. The topological polar surface area (TPSA) is 66.0 Å². The molecule has 0 atom stereocenters. The highest BCUT2D eigenvalue weighted by Crippen LogP contribution is 2.04. The number of hydrogen-bond donors (Lipinski definition) is 2. The number of carbonyl (C=O) groups is 1. The highest BCUT2D eigenvalue weighted by Gasteiger charge is 2.12. The smallest absolute Gasteiger partial charge is 0.242 e. The van der Waals surface area contributed by atoms with E-state index in [9.17, 15) is 4.79 Å². The average Bonchev–Trinajstić information content (AvgIpc) is 2.62. The van der Waals surface area contributed by atoms with Gasteiger partial charge in [0.25, 0.3) is 0 Å². The molecule has 0 bridgehead atoms. The molecular weight excluding hydrogens is 304 g/mol. The van der Waals surface area contributed by atoms with Gasteiger partial charge in [0.1, 0.15) is 0 Å². The van der Waals surface area contributed by atoms with Gasteiger partial charge in [0, 0.05) is 39.9 Å². The molecule has 0 fully saturated rings. The molecule has 0 unspecified atom stereocenters. The van der Waals surface area contributed by atoms with Crippen molar-refractivity contribution in [2.45, 2.75) is 26.8 Å². The van der Waals surface area contributed by atoms with Crippen molar-refractivity contribution in [2.24, 2.45) is 4.99 Å². The predicted octanol–water partition coefficient (Wildman–Crippen LogP) is 1.63. The normalized spacial score (nSPS) is 11.2. The summed E-state index contributed by atoms with van der Waals surface area (Å²) in [7, 11) is 1.70. The molecule has 0 saturated carbocycles. The summed E-state index contributed by atoms with van der Waals surface area (Å²) in [6.45, 7) is 7.71. The zero-order chi connectivity index (χ0) is 17.6. The van der Waals surface area contributed by atoms with E-state index in [2.05, 4.69) is 15.6 Å². The van der Waals surface area contributed by atoms with Crippen LogP contribution in [0.1, 0.15) is 25.8 Å². The third-order valence-corrected chi connectivity index (χ3v) is 3.54. The van der Waals surface area contributed by atoms with Crippen molar-refractivity contribution in [1.82, 2.24) is 15.5 Å². The van der Waals surface area contributed by atoms with Crippen molar-refractivity contribution in [1.29, 1.82) is 0 Å². The van der Waals surface area contributed by atoms with Crippen molar-refractivity contribution >= 4 is 11.9 Å². The first-order valence-electron chi connectivity index (χ1n) is 8.55. The molecule has 1 aromatic rings. The largest absolute Gasteiger partial charge is 0.382 e. The van der Waals surface area contributed by atoms with Gasteiger partial charge in [0.15, 0.2) is 5.96 Å². The molecule has 0 spiro atoms. The average molecular weight is 334 g/mol. The summed E-state index contributed by atoms with van der Waals surface area (Å²) in [5, 5.41) is 6.25. The Morgan fingerprint density at radius 2 is 1.96 bits per heavy atom. The molecule has 6 heteroatoms. The fourth-order valence-electron chi connectivity index (χ4n) is 2.20. The number of guanidine groups is 1. The van der Waals surface area contributed by atoms with Crippen molar-refractivity contribution in [2.75, 3.05) is 39.9 Å². The van der Waals surface area contributed by atoms with E-state index in [1.165, 1.54) is 0 Å². The van der Waals surface area contributed by atoms with Crippen LogP contribution < -0.4 is 10.6 Å². The second kappa shape index (κ2) is 12.4. The Balaban J connectivity index is 2.35. The molecule has 0 aromatic heterocycles. The fourth-order valence-corrected chi connectivity index (χ4v) is 2.20. The molecule has 0 heterocycles. The SMILES string of the molecule is CCOCCCNC(=NC)NCC(=O)N(CC)Cc1ccccc1.